The summed E-state index contributed by atoms with van der Waals surface area (Å²) in [4.78, 5) is 41.4. The number of nitro benzene ring substituents is 2. The fraction of sp³-hybridized carbons (Fsp3) is 0.200. The third-order valence-corrected chi connectivity index (χ3v) is 5.89. The summed E-state index contributed by atoms with van der Waals surface area (Å²) in [5, 5.41) is 30.9. The van der Waals surface area contributed by atoms with Crippen molar-refractivity contribution in [2.75, 3.05) is 18.0 Å². The maximum atomic E-state index is 13.6. The van der Waals surface area contributed by atoms with E-state index in [1.165, 1.54) is 47.0 Å². The van der Waals surface area contributed by atoms with E-state index < -0.39 is 15.4 Å². The van der Waals surface area contributed by atoms with Crippen LogP contribution in [0, 0.1) is 27.2 Å². The van der Waals surface area contributed by atoms with Crippen LogP contribution in [0.25, 0.3) is 16.6 Å². The monoisotopic (exact) mass is 501 g/mol. The zero-order valence-electron chi connectivity index (χ0n) is 20.4. The number of azo groups is 1. The summed E-state index contributed by atoms with van der Waals surface area (Å²) < 4.78 is 1.36. The summed E-state index contributed by atoms with van der Waals surface area (Å²) in [5.41, 5.74) is 1.58. The summed E-state index contributed by atoms with van der Waals surface area (Å²) in [6.45, 7) is 7.16. The molecule has 0 radical (unpaired) electrons. The van der Waals surface area contributed by atoms with Gasteiger partial charge < -0.3 is 4.90 Å². The van der Waals surface area contributed by atoms with E-state index in [2.05, 4.69) is 20.1 Å². The maximum Gasteiger partial charge on any atom is 0.270 e. The number of rotatable bonds is 8. The Bertz CT molecular complexity index is 1590. The third kappa shape index (κ3) is 5.03. The van der Waals surface area contributed by atoms with Crippen LogP contribution in [0.5, 0.6) is 0 Å². The van der Waals surface area contributed by atoms with Crippen LogP contribution >= 0.6 is 0 Å². The molecule has 0 fully saturated rings. The van der Waals surface area contributed by atoms with Crippen molar-refractivity contribution in [1.29, 1.82) is 0 Å². The van der Waals surface area contributed by atoms with Crippen molar-refractivity contribution in [3.05, 3.63) is 97.1 Å². The van der Waals surface area contributed by atoms with Crippen LogP contribution in [0.3, 0.4) is 0 Å². The molecule has 37 heavy (non-hydrogen) atoms. The number of aromatic nitrogens is 2. The van der Waals surface area contributed by atoms with Crippen molar-refractivity contribution in [2.24, 2.45) is 10.2 Å². The fourth-order valence-corrected chi connectivity index (χ4v) is 4.00. The minimum absolute atomic E-state index is 0.0678. The molecule has 0 aliphatic rings. The largest absolute Gasteiger partial charge is 0.372 e. The molecule has 0 unspecified atom stereocenters. The number of non-ortho nitro benzene ring substituents is 2. The minimum atomic E-state index is -0.562. The number of nitro groups is 2. The number of benzene rings is 3. The topological polar surface area (TPSA) is 149 Å². The van der Waals surface area contributed by atoms with E-state index in [0.717, 1.165) is 18.8 Å². The van der Waals surface area contributed by atoms with Gasteiger partial charge in [-0.3, -0.25) is 29.6 Å². The lowest BCUT2D eigenvalue weighted by molar-refractivity contribution is -0.385. The highest BCUT2D eigenvalue weighted by molar-refractivity contribution is 5.81. The third-order valence-electron chi connectivity index (χ3n) is 5.89. The molecule has 0 spiro atoms. The van der Waals surface area contributed by atoms with Gasteiger partial charge in [-0.1, -0.05) is 0 Å². The van der Waals surface area contributed by atoms with Crippen LogP contribution in [-0.4, -0.2) is 32.5 Å². The first-order chi connectivity index (χ1) is 17.7. The van der Waals surface area contributed by atoms with Gasteiger partial charge in [-0.05, 0) is 57.2 Å². The summed E-state index contributed by atoms with van der Waals surface area (Å²) in [6.07, 6.45) is 0. The molecule has 12 nitrogen and oxygen atoms in total. The van der Waals surface area contributed by atoms with Gasteiger partial charge in [0.2, 0.25) is 0 Å². The van der Waals surface area contributed by atoms with Crippen molar-refractivity contribution in [3.63, 3.8) is 0 Å². The first-order valence-corrected chi connectivity index (χ1v) is 11.5. The van der Waals surface area contributed by atoms with Gasteiger partial charge in [-0.25, -0.2) is 4.98 Å². The highest BCUT2D eigenvalue weighted by Gasteiger charge is 2.18. The Morgan fingerprint density at radius 3 is 2.16 bits per heavy atom. The van der Waals surface area contributed by atoms with E-state index in [-0.39, 0.29) is 16.8 Å². The molecule has 12 heteroatoms. The predicted octanol–water partition coefficient (Wildman–Crippen LogP) is 5.77. The Kier molecular flexibility index (Phi) is 7.00. The average Bonchev–Trinajstić information content (AvgIpc) is 2.89. The lowest BCUT2D eigenvalue weighted by Crippen LogP contribution is -2.24. The average molecular weight is 502 g/mol. The maximum absolute atomic E-state index is 13.6. The van der Waals surface area contributed by atoms with E-state index in [1.54, 1.807) is 19.1 Å². The Labute approximate surface area is 210 Å². The highest BCUT2D eigenvalue weighted by atomic mass is 16.6. The molecule has 0 saturated heterocycles. The quantitative estimate of drug-likeness (QED) is 0.169. The molecule has 3 aromatic carbocycles. The van der Waals surface area contributed by atoms with Crippen LogP contribution in [-0.2, 0) is 0 Å². The van der Waals surface area contributed by atoms with Gasteiger partial charge in [-0.15, -0.1) is 5.11 Å². The number of hydrogen-bond acceptors (Lipinski definition) is 9. The SMILES string of the molecule is CCN(CC)c1ccc(N=Nc2ccc([N+](=O)[O-])cc2)c(-n2c(C)nc3ccc([N+](=O)[O-])cc3c2=O)c1. The molecule has 4 aromatic rings. The Balaban J connectivity index is 1.91. The minimum Gasteiger partial charge on any atom is -0.372 e. The number of nitrogens with zero attached hydrogens (tertiary/aromatic N) is 7. The summed E-state index contributed by atoms with van der Waals surface area (Å²) in [7, 11) is 0. The molecule has 1 aromatic heterocycles. The summed E-state index contributed by atoms with van der Waals surface area (Å²) >= 11 is 0. The number of hydrogen-bond donors (Lipinski definition) is 0. The molecule has 0 bridgehead atoms. The molecule has 0 aliphatic heterocycles. The molecule has 4 rings (SSSR count). The Hall–Kier alpha value is -5.00. The van der Waals surface area contributed by atoms with Crippen molar-refractivity contribution in [3.8, 4) is 5.69 Å². The normalized spacial score (nSPS) is 11.2. The van der Waals surface area contributed by atoms with E-state index in [1.807, 2.05) is 19.9 Å². The van der Waals surface area contributed by atoms with Crippen molar-refractivity contribution in [1.82, 2.24) is 9.55 Å². The lowest BCUT2D eigenvalue weighted by atomic mass is 10.2. The van der Waals surface area contributed by atoms with Crippen LogP contribution < -0.4 is 10.5 Å². The van der Waals surface area contributed by atoms with Gasteiger partial charge >= 0.3 is 0 Å². The van der Waals surface area contributed by atoms with Crippen molar-refractivity contribution < 1.29 is 9.85 Å². The molecule has 188 valence electrons. The number of aryl methyl sites for hydroxylation is 1. The number of fused-ring (bicyclic) bond motifs is 1. The van der Waals surface area contributed by atoms with E-state index in [0.29, 0.717) is 28.4 Å². The predicted molar refractivity (Wildman–Crippen MR) is 140 cm³/mol. The summed E-state index contributed by atoms with van der Waals surface area (Å²) in [5.74, 6) is 0.370. The van der Waals surface area contributed by atoms with Crippen LogP contribution in [0.15, 0.2) is 75.7 Å². The molecule has 0 N–H and O–H groups in total. The Morgan fingerprint density at radius 2 is 1.54 bits per heavy atom. The highest BCUT2D eigenvalue weighted by Crippen LogP contribution is 2.31. The molecule has 0 aliphatic carbocycles. The lowest BCUT2D eigenvalue weighted by Gasteiger charge is -2.23. The Morgan fingerprint density at radius 1 is 0.892 bits per heavy atom. The molecular weight excluding hydrogens is 478 g/mol. The zero-order valence-corrected chi connectivity index (χ0v) is 20.4. The van der Waals surface area contributed by atoms with Gasteiger partial charge in [0, 0.05) is 43.0 Å². The van der Waals surface area contributed by atoms with Crippen LogP contribution in [0.4, 0.5) is 28.4 Å². The van der Waals surface area contributed by atoms with Gasteiger partial charge in [0.25, 0.3) is 16.9 Å². The van der Waals surface area contributed by atoms with Crippen LogP contribution in [0.2, 0.25) is 0 Å². The summed E-state index contributed by atoms with van der Waals surface area (Å²) in [6, 6.07) is 15.0. The first-order valence-electron chi connectivity index (χ1n) is 11.5. The van der Waals surface area contributed by atoms with Gasteiger partial charge in [0.1, 0.15) is 11.5 Å². The second kappa shape index (κ2) is 10.3. The van der Waals surface area contributed by atoms with E-state index in [9.17, 15) is 25.0 Å². The van der Waals surface area contributed by atoms with Crippen LogP contribution in [0.1, 0.15) is 19.7 Å². The van der Waals surface area contributed by atoms with E-state index >= 15 is 0 Å². The smallest absolute Gasteiger partial charge is 0.270 e. The fourth-order valence-electron chi connectivity index (χ4n) is 4.00. The number of anilines is 1. The molecule has 0 atom stereocenters. The standard InChI is InChI=1S/C25H23N7O5/c1-4-29(5-2)19-10-13-23(28-27-17-6-8-18(9-7-17)31(34)35)24(15-19)30-16(3)26-22-12-11-20(32(36)37)14-21(22)25(30)33/h6-15H,4-5H2,1-3H3. The second-order valence-corrected chi connectivity index (χ2v) is 8.08. The van der Waals surface area contributed by atoms with E-state index in [4.69, 9.17) is 0 Å². The van der Waals surface area contributed by atoms with Gasteiger partial charge in [0.05, 0.1) is 32.1 Å². The zero-order chi connectivity index (χ0) is 26.7. The van der Waals surface area contributed by atoms with Gasteiger partial charge in [0.15, 0.2) is 0 Å². The molecule has 0 saturated carbocycles. The molecule has 0 amide bonds. The van der Waals surface area contributed by atoms with Crippen molar-refractivity contribution in [2.45, 2.75) is 20.8 Å². The second-order valence-electron chi connectivity index (χ2n) is 8.08. The molecule has 1 heterocycles. The van der Waals surface area contributed by atoms with Gasteiger partial charge in [-0.2, -0.15) is 5.11 Å². The first kappa shape index (κ1) is 25.1. The van der Waals surface area contributed by atoms with Crippen molar-refractivity contribution >= 4 is 39.3 Å². The molecular formula is C25H23N7O5.